The quantitative estimate of drug-likeness (QED) is 0.579. The Balaban J connectivity index is -0.000000270. The monoisotopic (exact) mass is 406 g/mol. The van der Waals surface area contributed by atoms with E-state index < -0.39 is 0 Å². The van der Waals surface area contributed by atoms with Crippen LogP contribution >= 0.6 is 24.8 Å². The number of rotatable bonds is 0. The molecule has 2 heterocycles. The summed E-state index contributed by atoms with van der Waals surface area (Å²) < 4.78 is 0. The summed E-state index contributed by atoms with van der Waals surface area (Å²) in [4.78, 5) is 8.62. The predicted molar refractivity (Wildman–Crippen MR) is 92.1 cm³/mol. The maximum absolute atomic E-state index is 4.31. The first-order chi connectivity index (χ1) is 8.25. The van der Waals surface area contributed by atoms with Crippen molar-refractivity contribution in [3.05, 3.63) is 45.0 Å². The summed E-state index contributed by atoms with van der Waals surface area (Å²) in [7, 11) is 0. The Hall–Kier alpha value is 0.0231. The van der Waals surface area contributed by atoms with E-state index in [1.165, 1.54) is 45.0 Å². The van der Waals surface area contributed by atoms with E-state index in [1.54, 1.807) is 0 Å². The van der Waals surface area contributed by atoms with Crippen molar-refractivity contribution in [1.29, 1.82) is 0 Å². The molecule has 5 heteroatoms. The van der Waals surface area contributed by atoms with Crippen molar-refractivity contribution in [2.45, 2.75) is 55.4 Å². The van der Waals surface area contributed by atoms with Gasteiger partial charge in [0, 0.05) is 0 Å². The summed E-state index contributed by atoms with van der Waals surface area (Å²) in [5, 5.41) is 0. The molecule has 0 aromatic carbocycles. The van der Waals surface area contributed by atoms with Crippen molar-refractivity contribution in [3.8, 4) is 0 Å². The van der Waals surface area contributed by atoms with Crippen molar-refractivity contribution in [3.63, 3.8) is 0 Å². The third-order valence-electron chi connectivity index (χ3n) is 3.97. The average molecular weight is 409 g/mol. The molecule has 2 aromatic rings. The van der Waals surface area contributed by atoms with Crippen LogP contribution in [0.1, 0.15) is 45.0 Å². The molecule has 0 unspecified atom stereocenters. The molecule has 0 N–H and O–H groups in total. The van der Waals surface area contributed by atoms with E-state index >= 15 is 0 Å². The predicted octanol–water partition coefficient (Wildman–Crippen LogP) is 4.91. The molecular weight excluding hydrogens is 382 g/mol. The van der Waals surface area contributed by atoms with Gasteiger partial charge in [-0.15, -0.1) is 47.3 Å². The van der Waals surface area contributed by atoms with E-state index in [4.69, 9.17) is 0 Å². The maximum atomic E-state index is 4.31. The molecule has 0 aliphatic heterocycles. The Morgan fingerprint density at radius 3 is 0.905 bits per heavy atom. The molecule has 2 rings (SSSR count). The Morgan fingerprint density at radius 1 is 0.619 bits per heavy atom. The van der Waals surface area contributed by atoms with E-state index in [1.807, 2.05) is 0 Å². The third-order valence-corrected chi connectivity index (χ3v) is 3.97. The van der Waals surface area contributed by atoms with Gasteiger partial charge in [0.05, 0.1) is 0 Å². The van der Waals surface area contributed by atoms with Crippen LogP contribution in [0.4, 0.5) is 0 Å². The first-order valence-electron chi connectivity index (χ1n) is 6.39. The molecule has 0 radical (unpaired) electrons. The van der Waals surface area contributed by atoms with Gasteiger partial charge in [-0.25, -0.2) is 0 Å². The van der Waals surface area contributed by atoms with E-state index in [0.717, 1.165) is 0 Å². The smallest absolute Gasteiger partial charge is 0.396 e. The zero-order valence-electron chi connectivity index (χ0n) is 14.2. The van der Waals surface area contributed by atoms with Crippen LogP contribution in [-0.2, 0) is 26.2 Å². The minimum Gasteiger partial charge on any atom is -0.396 e. The minimum absolute atomic E-state index is 0. The van der Waals surface area contributed by atoms with Gasteiger partial charge in [-0.3, -0.25) is 0 Å². The molecule has 0 saturated heterocycles. The number of hydrogen-bond acceptors (Lipinski definition) is 2. The molecule has 0 bridgehead atoms. The van der Waals surface area contributed by atoms with E-state index in [0.29, 0.717) is 0 Å². The van der Waals surface area contributed by atoms with Gasteiger partial charge in [0.15, 0.2) is 0 Å². The first-order valence-corrected chi connectivity index (χ1v) is 6.39. The summed E-state index contributed by atoms with van der Waals surface area (Å²) in [6.07, 6.45) is 0. The number of halogens is 2. The summed E-state index contributed by atoms with van der Waals surface area (Å²) in [6, 6.07) is 0. The van der Waals surface area contributed by atoms with Crippen molar-refractivity contribution in [2.24, 2.45) is 0 Å². The fourth-order valence-corrected chi connectivity index (χ4v) is 1.92. The number of aryl methyl sites for hydroxylation is 4. The molecule has 0 spiro atoms. The Labute approximate surface area is 160 Å². The standard InChI is InChI=1S/2C8H12N.2ClH.Zr/c2*1-5-6(2)8(4)9-7(5)3;;;/h2*1-4H3;2*1H;/q2*-1;;;+2. The van der Waals surface area contributed by atoms with E-state index in [9.17, 15) is 0 Å². The molecule has 0 aliphatic carbocycles. The van der Waals surface area contributed by atoms with Crippen molar-refractivity contribution < 1.29 is 26.2 Å². The molecule has 0 aliphatic rings. The average Bonchev–Trinajstić information content (AvgIpc) is 2.66. The van der Waals surface area contributed by atoms with Crippen LogP contribution in [0.2, 0.25) is 0 Å². The summed E-state index contributed by atoms with van der Waals surface area (Å²) >= 11 is 0. The topological polar surface area (TPSA) is 25.8 Å². The van der Waals surface area contributed by atoms with Crippen LogP contribution in [0.3, 0.4) is 0 Å². The molecule has 118 valence electrons. The first kappa shape index (κ1) is 25.9. The second kappa shape index (κ2) is 10.7. The second-order valence-electron chi connectivity index (χ2n) is 5.07. The summed E-state index contributed by atoms with van der Waals surface area (Å²) in [5.74, 6) is 0. The Kier molecular flexibility index (Phi) is 13.2. The van der Waals surface area contributed by atoms with E-state index in [-0.39, 0.29) is 51.0 Å². The van der Waals surface area contributed by atoms with Crippen LogP contribution in [0.5, 0.6) is 0 Å². The van der Waals surface area contributed by atoms with Gasteiger partial charge in [-0.1, -0.05) is 66.8 Å². The Morgan fingerprint density at radius 2 is 0.857 bits per heavy atom. The largest absolute Gasteiger partial charge is 2.00 e. The van der Waals surface area contributed by atoms with Crippen LogP contribution in [0.15, 0.2) is 0 Å². The van der Waals surface area contributed by atoms with Gasteiger partial charge in [-0.05, 0) is 0 Å². The SMILES string of the molecule is Cc1n[c-](C)c(C)c1C.Cc1n[c-](C)c(C)c1C.Cl.Cl.[Zr+2]. The number of hydrogen-bond donors (Lipinski definition) is 0. The normalized spacial score (nSPS) is 8.76. The van der Waals surface area contributed by atoms with Crippen LogP contribution < -0.4 is 0 Å². The third kappa shape index (κ3) is 6.34. The van der Waals surface area contributed by atoms with Crippen molar-refractivity contribution >= 4 is 24.8 Å². The van der Waals surface area contributed by atoms with Crippen molar-refractivity contribution in [1.82, 2.24) is 9.97 Å². The van der Waals surface area contributed by atoms with Gasteiger partial charge < -0.3 is 9.97 Å². The maximum Gasteiger partial charge on any atom is 2.00 e. The van der Waals surface area contributed by atoms with Gasteiger partial charge in [0.1, 0.15) is 0 Å². The minimum atomic E-state index is 0. The van der Waals surface area contributed by atoms with Gasteiger partial charge in [0.25, 0.3) is 0 Å². The fraction of sp³-hybridized carbons (Fsp3) is 0.500. The Bertz CT molecular complexity index is 462. The van der Waals surface area contributed by atoms with Crippen LogP contribution in [0, 0.1) is 55.4 Å². The van der Waals surface area contributed by atoms with Gasteiger partial charge >= 0.3 is 26.2 Å². The molecule has 0 amide bonds. The number of aromatic nitrogens is 2. The molecule has 2 nitrogen and oxygen atoms in total. The fourth-order valence-electron chi connectivity index (χ4n) is 1.92. The molecular formula is C16H26Cl2N2Zr. The van der Waals surface area contributed by atoms with E-state index in [2.05, 4.69) is 65.4 Å². The zero-order chi connectivity index (χ0) is 14.0. The molecule has 2 aromatic heterocycles. The van der Waals surface area contributed by atoms with Crippen molar-refractivity contribution in [2.75, 3.05) is 0 Å². The number of nitrogens with zero attached hydrogens (tertiary/aromatic N) is 2. The molecule has 0 saturated carbocycles. The molecule has 21 heavy (non-hydrogen) atoms. The van der Waals surface area contributed by atoms with Gasteiger partial charge in [-0.2, -0.15) is 11.1 Å². The van der Waals surface area contributed by atoms with Crippen LogP contribution in [0.25, 0.3) is 0 Å². The molecule has 0 fully saturated rings. The summed E-state index contributed by atoms with van der Waals surface area (Å²) in [5.41, 5.74) is 10.0. The summed E-state index contributed by atoms with van der Waals surface area (Å²) in [6.45, 7) is 16.7. The molecule has 0 atom stereocenters. The zero-order valence-corrected chi connectivity index (χ0v) is 18.3. The van der Waals surface area contributed by atoms with Crippen LogP contribution in [-0.4, -0.2) is 9.97 Å². The van der Waals surface area contributed by atoms with Gasteiger partial charge in [0.2, 0.25) is 0 Å². The second-order valence-corrected chi connectivity index (χ2v) is 5.07.